The summed E-state index contributed by atoms with van der Waals surface area (Å²) in [5.41, 5.74) is 0. The van der Waals surface area contributed by atoms with Gasteiger partial charge in [0.1, 0.15) is 11.6 Å². The maximum atomic E-state index is 13.6. The molecular weight excluding hydrogens is 370 g/mol. The summed E-state index contributed by atoms with van der Waals surface area (Å²) in [6.07, 6.45) is 0.658. The van der Waals surface area contributed by atoms with Crippen LogP contribution in [0.15, 0.2) is 23.1 Å². The SMILES string of the molecule is O=C(CSc1cc(F)ccc1F)N1CCN([C@H]2CCS(=O)(=O)C2)CC1. The van der Waals surface area contributed by atoms with Crippen molar-refractivity contribution < 1.29 is 22.0 Å². The zero-order chi connectivity index (χ0) is 18.0. The third-order valence-electron chi connectivity index (χ3n) is 4.64. The van der Waals surface area contributed by atoms with Gasteiger partial charge in [0.05, 0.1) is 17.3 Å². The highest BCUT2D eigenvalue weighted by molar-refractivity contribution is 8.00. The third kappa shape index (κ3) is 4.71. The van der Waals surface area contributed by atoms with E-state index in [0.717, 1.165) is 30.0 Å². The fraction of sp³-hybridized carbons (Fsp3) is 0.562. The number of carbonyl (C=O) groups excluding carboxylic acids is 1. The van der Waals surface area contributed by atoms with E-state index in [9.17, 15) is 22.0 Å². The molecule has 2 heterocycles. The van der Waals surface area contributed by atoms with Crippen molar-refractivity contribution in [2.75, 3.05) is 43.4 Å². The number of hydrogen-bond donors (Lipinski definition) is 0. The lowest BCUT2D eigenvalue weighted by molar-refractivity contribution is -0.130. The number of thioether (sulfide) groups is 1. The standard InChI is InChI=1S/C16H20F2N2O3S2/c17-12-1-2-14(18)15(9-12)24-10-16(21)20-6-4-19(5-7-20)13-3-8-25(22,23)11-13/h1-2,9,13H,3-8,10-11H2/t13-/m0/s1. The van der Waals surface area contributed by atoms with Crippen molar-refractivity contribution in [2.24, 2.45) is 0 Å². The molecule has 0 aromatic heterocycles. The summed E-state index contributed by atoms with van der Waals surface area (Å²) >= 11 is 0.990. The molecular formula is C16H20F2N2O3S2. The summed E-state index contributed by atoms with van der Waals surface area (Å²) in [4.78, 5) is 16.2. The van der Waals surface area contributed by atoms with Gasteiger partial charge in [0, 0.05) is 37.1 Å². The van der Waals surface area contributed by atoms with E-state index in [-0.39, 0.29) is 34.1 Å². The van der Waals surface area contributed by atoms with E-state index in [1.54, 1.807) is 4.90 Å². The summed E-state index contributed by atoms with van der Waals surface area (Å²) in [5, 5.41) is 0. The van der Waals surface area contributed by atoms with Crippen molar-refractivity contribution in [3.63, 3.8) is 0 Å². The highest BCUT2D eigenvalue weighted by Crippen LogP contribution is 2.24. The first-order valence-electron chi connectivity index (χ1n) is 8.14. The van der Waals surface area contributed by atoms with Gasteiger partial charge < -0.3 is 4.90 Å². The predicted octanol–water partition coefficient (Wildman–Crippen LogP) is 1.39. The highest BCUT2D eigenvalue weighted by Gasteiger charge is 2.34. The molecule has 1 aromatic rings. The Morgan fingerprint density at radius 1 is 1.20 bits per heavy atom. The molecule has 0 bridgehead atoms. The van der Waals surface area contributed by atoms with Gasteiger partial charge in [0.15, 0.2) is 9.84 Å². The van der Waals surface area contributed by atoms with Crippen molar-refractivity contribution in [2.45, 2.75) is 17.4 Å². The summed E-state index contributed by atoms with van der Waals surface area (Å²) in [6, 6.07) is 3.24. The van der Waals surface area contributed by atoms with Crippen LogP contribution in [-0.2, 0) is 14.6 Å². The number of carbonyl (C=O) groups is 1. The second-order valence-electron chi connectivity index (χ2n) is 6.34. The molecule has 2 saturated heterocycles. The second-order valence-corrected chi connectivity index (χ2v) is 9.58. The van der Waals surface area contributed by atoms with Crippen molar-refractivity contribution in [3.05, 3.63) is 29.8 Å². The Hall–Kier alpha value is -1.19. The normalized spacial score (nSPS) is 23.8. The Morgan fingerprint density at radius 3 is 2.56 bits per heavy atom. The number of hydrogen-bond acceptors (Lipinski definition) is 5. The lowest BCUT2D eigenvalue weighted by Crippen LogP contribution is -2.52. The molecule has 3 rings (SSSR count). The van der Waals surface area contributed by atoms with Gasteiger partial charge in [-0.2, -0.15) is 0 Å². The highest BCUT2D eigenvalue weighted by atomic mass is 32.2. The largest absolute Gasteiger partial charge is 0.339 e. The Labute approximate surface area is 150 Å². The molecule has 138 valence electrons. The Balaban J connectivity index is 1.48. The number of sulfone groups is 1. The average molecular weight is 390 g/mol. The first-order chi connectivity index (χ1) is 11.8. The molecule has 9 heteroatoms. The van der Waals surface area contributed by atoms with Gasteiger partial charge in [0.25, 0.3) is 0 Å². The Kier molecular flexibility index (Phi) is 5.65. The molecule has 5 nitrogen and oxygen atoms in total. The third-order valence-corrected chi connectivity index (χ3v) is 7.40. The number of halogens is 2. The minimum Gasteiger partial charge on any atom is -0.339 e. The van der Waals surface area contributed by atoms with Gasteiger partial charge in [-0.05, 0) is 24.6 Å². The van der Waals surface area contributed by atoms with Gasteiger partial charge in [-0.25, -0.2) is 17.2 Å². The van der Waals surface area contributed by atoms with Crippen molar-refractivity contribution >= 4 is 27.5 Å². The van der Waals surface area contributed by atoms with Gasteiger partial charge in [-0.15, -0.1) is 11.8 Å². The van der Waals surface area contributed by atoms with Crippen molar-refractivity contribution in [1.29, 1.82) is 0 Å². The van der Waals surface area contributed by atoms with E-state index < -0.39 is 21.5 Å². The van der Waals surface area contributed by atoms with Crippen LogP contribution in [0, 0.1) is 11.6 Å². The summed E-state index contributed by atoms with van der Waals surface area (Å²) in [6.45, 7) is 2.35. The number of piperazine rings is 1. The summed E-state index contributed by atoms with van der Waals surface area (Å²) < 4.78 is 49.9. The van der Waals surface area contributed by atoms with Crippen LogP contribution in [0.5, 0.6) is 0 Å². The molecule has 1 amide bonds. The zero-order valence-electron chi connectivity index (χ0n) is 13.7. The number of amides is 1. The van der Waals surface area contributed by atoms with Crippen LogP contribution >= 0.6 is 11.8 Å². The van der Waals surface area contributed by atoms with Gasteiger partial charge >= 0.3 is 0 Å². The van der Waals surface area contributed by atoms with Crippen LogP contribution in [0.1, 0.15) is 6.42 Å². The molecule has 0 radical (unpaired) electrons. The molecule has 0 aliphatic carbocycles. The Bertz CT molecular complexity index is 750. The fourth-order valence-electron chi connectivity index (χ4n) is 3.22. The first kappa shape index (κ1) is 18.6. The van der Waals surface area contributed by atoms with Gasteiger partial charge in [-0.1, -0.05) is 0 Å². The van der Waals surface area contributed by atoms with E-state index in [1.807, 2.05) is 0 Å². The van der Waals surface area contributed by atoms with Crippen LogP contribution in [0.2, 0.25) is 0 Å². The number of nitrogens with zero attached hydrogens (tertiary/aromatic N) is 2. The van der Waals surface area contributed by atoms with Gasteiger partial charge in [0.2, 0.25) is 5.91 Å². The average Bonchev–Trinajstić information content (AvgIpc) is 2.95. The summed E-state index contributed by atoms with van der Waals surface area (Å²) in [5.74, 6) is -0.684. The fourth-order valence-corrected chi connectivity index (χ4v) is 5.84. The maximum Gasteiger partial charge on any atom is 0.233 e. The lowest BCUT2D eigenvalue weighted by atomic mass is 10.2. The number of rotatable bonds is 4. The summed E-state index contributed by atoms with van der Waals surface area (Å²) in [7, 11) is -2.91. The second kappa shape index (κ2) is 7.59. The first-order valence-corrected chi connectivity index (χ1v) is 10.9. The van der Waals surface area contributed by atoms with Crippen molar-refractivity contribution in [3.8, 4) is 0 Å². The molecule has 1 atom stereocenters. The van der Waals surface area contributed by atoms with Crippen molar-refractivity contribution in [1.82, 2.24) is 9.80 Å². The van der Waals surface area contributed by atoms with Crippen LogP contribution in [-0.4, -0.2) is 73.6 Å². The van der Waals surface area contributed by atoms with E-state index >= 15 is 0 Å². The molecule has 25 heavy (non-hydrogen) atoms. The molecule has 0 spiro atoms. The molecule has 1 aromatic carbocycles. The van der Waals surface area contributed by atoms with E-state index in [2.05, 4.69) is 4.90 Å². The monoisotopic (exact) mass is 390 g/mol. The van der Waals surface area contributed by atoms with Crippen LogP contribution < -0.4 is 0 Å². The number of benzene rings is 1. The van der Waals surface area contributed by atoms with Gasteiger partial charge in [-0.3, -0.25) is 9.69 Å². The zero-order valence-corrected chi connectivity index (χ0v) is 15.3. The minimum atomic E-state index is -2.91. The smallest absolute Gasteiger partial charge is 0.233 e. The Morgan fingerprint density at radius 2 is 1.92 bits per heavy atom. The van der Waals surface area contributed by atoms with E-state index in [0.29, 0.717) is 32.6 Å². The molecule has 0 unspecified atom stereocenters. The lowest BCUT2D eigenvalue weighted by Gasteiger charge is -2.37. The maximum absolute atomic E-state index is 13.6. The molecule has 0 saturated carbocycles. The van der Waals surface area contributed by atoms with Crippen LogP contribution in [0.3, 0.4) is 0 Å². The topological polar surface area (TPSA) is 57.7 Å². The molecule has 2 aliphatic heterocycles. The van der Waals surface area contributed by atoms with Crippen LogP contribution in [0.25, 0.3) is 0 Å². The molecule has 2 aliphatic rings. The quantitative estimate of drug-likeness (QED) is 0.728. The van der Waals surface area contributed by atoms with E-state index in [4.69, 9.17) is 0 Å². The van der Waals surface area contributed by atoms with Crippen LogP contribution in [0.4, 0.5) is 8.78 Å². The minimum absolute atomic E-state index is 0.0537. The molecule has 2 fully saturated rings. The van der Waals surface area contributed by atoms with E-state index in [1.165, 1.54) is 0 Å². The predicted molar refractivity (Wildman–Crippen MR) is 92.3 cm³/mol. The molecule has 0 N–H and O–H groups in total.